The lowest BCUT2D eigenvalue weighted by Gasteiger charge is -2.10. The molecular weight excluding hydrogens is 208 g/mol. The van der Waals surface area contributed by atoms with Gasteiger partial charge in [-0.15, -0.1) is 0 Å². The predicted octanol–water partition coefficient (Wildman–Crippen LogP) is 0.248. The number of aliphatic hydroxyl groups excluding tert-OH is 1. The molecule has 1 heterocycles. The highest BCUT2D eigenvalue weighted by Crippen LogP contribution is 2.16. The Kier molecular flexibility index (Phi) is 5.52. The molecule has 6 heteroatoms. The molecule has 1 aromatic rings. The lowest BCUT2D eigenvalue weighted by molar-refractivity contribution is 0.0992. The summed E-state index contributed by atoms with van der Waals surface area (Å²) in [6, 6.07) is 0. The molecule has 0 unspecified atom stereocenters. The van der Waals surface area contributed by atoms with Crippen molar-refractivity contribution in [2.24, 2.45) is 0 Å². The van der Waals surface area contributed by atoms with Crippen molar-refractivity contribution >= 4 is 11.6 Å². The zero-order chi connectivity index (χ0) is 11.8. The van der Waals surface area contributed by atoms with E-state index in [-0.39, 0.29) is 6.61 Å². The third kappa shape index (κ3) is 3.63. The minimum absolute atomic E-state index is 0.0520. The number of aromatic nitrogens is 2. The standard InChI is InChI=1S/C10H18N4O2/c1-8-9(11-2)13-7-14-10(8)12-3-5-16-6-4-15/h7,15H,3-6H2,1-2H3,(H2,11,12,13,14). The van der Waals surface area contributed by atoms with E-state index in [4.69, 9.17) is 9.84 Å². The van der Waals surface area contributed by atoms with Crippen LogP contribution < -0.4 is 10.6 Å². The molecule has 1 rings (SSSR count). The van der Waals surface area contributed by atoms with E-state index < -0.39 is 0 Å². The van der Waals surface area contributed by atoms with Gasteiger partial charge in [-0.25, -0.2) is 9.97 Å². The van der Waals surface area contributed by atoms with Crippen molar-refractivity contribution in [1.29, 1.82) is 0 Å². The monoisotopic (exact) mass is 226 g/mol. The molecule has 0 saturated carbocycles. The summed E-state index contributed by atoms with van der Waals surface area (Å²) in [7, 11) is 1.82. The van der Waals surface area contributed by atoms with Crippen molar-refractivity contribution in [3.05, 3.63) is 11.9 Å². The number of nitrogens with one attached hydrogen (secondary N) is 2. The van der Waals surface area contributed by atoms with E-state index in [1.165, 1.54) is 6.33 Å². The number of hydrogen-bond acceptors (Lipinski definition) is 6. The summed E-state index contributed by atoms with van der Waals surface area (Å²) in [4.78, 5) is 8.23. The zero-order valence-corrected chi connectivity index (χ0v) is 9.66. The van der Waals surface area contributed by atoms with Crippen molar-refractivity contribution in [3.63, 3.8) is 0 Å². The molecule has 1 aromatic heterocycles. The van der Waals surface area contributed by atoms with Crippen molar-refractivity contribution < 1.29 is 9.84 Å². The largest absolute Gasteiger partial charge is 0.394 e. The molecule has 3 N–H and O–H groups in total. The van der Waals surface area contributed by atoms with Crippen LogP contribution in [0.4, 0.5) is 11.6 Å². The molecule has 90 valence electrons. The minimum atomic E-state index is 0.0520. The highest BCUT2D eigenvalue weighted by atomic mass is 16.5. The average Bonchev–Trinajstić information content (AvgIpc) is 2.31. The van der Waals surface area contributed by atoms with Crippen LogP contribution in [-0.4, -0.2) is 48.5 Å². The van der Waals surface area contributed by atoms with Crippen LogP contribution in [0.1, 0.15) is 5.56 Å². The normalized spacial score (nSPS) is 10.2. The summed E-state index contributed by atoms with van der Waals surface area (Å²) in [5, 5.41) is 14.7. The van der Waals surface area contributed by atoms with Crippen LogP contribution in [-0.2, 0) is 4.74 Å². The molecule has 0 radical (unpaired) electrons. The highest BCUT2D eigenvalue weighted by Gasteiger charge is 2.04. The van der Waals surface area contributed by atoms with Gasteiger partial charge in [0.2, 0.25) is 0 Å². The molecule has 0 aliphatic rings. The number of anilines is 2. The molecular formula is C10H18N4O2. The Morgan fingerprint density at radius 1 is 1.31 bits per heavy atom. The maximum atomic E-state index is 8.52. The Hall–Kier alpha value is -1.40. The van der Waals surface area contributed by atoms with E-state index in [0.29, 0.717) is 19.8 Å². The average molecular weight is 226 g/mol. The smallest absolute Gasteiger partial charge is 0.134 e. The van der Waals surface area contributed by atoms with Crippen LogP contribution in [0.15, 0.2) is 6.33 Å². The SMILES string of the molecule is CNc1ncnc(NCCOCCO)c1C. The molecule has 0 fully saturated rings. The molecule has 0 atom stereocenters. The van der Waals surface area contributed by atoms with Crippen LogP contribution in [0.5, 0.6) is 0 Å². The molecule has 0 saturated heterocycles. The summed E-state index contributed by atoms with van der Waals surface area (Å²) in [6.45, 7) is 3.56. The summed E-state index contributed by atoms with van der Waals surface area (Å²) in [5.41, 5.74) is 0.979. The second-order valence-electron chi connectivity index (χ2n) is 3.21. The van der Waals surface area contributed by atoms with Gasteiger partial charge in [0.15, 0.2) is 0 Å². The number of hydrogen-bond donors (Lipinski definition) is 3. The second-order valence-corrected chi connectivity index (χ2v) is 3.21. The molecule has 0 aromatic carbocycles. The van der Waals surface area contributed by atoms with Gasteiger partial charge in [0.05, 0.1) is 19.8 Å². The van der Waals surface area contributed by atoms with Gasteiger partial charge in [-0.3, -0.25) is 0 Å². The predicted molar refractivity (Wildman–Crippen MR) is 62.7 cm³/mol. The van der Waals surface area contributed by atoms with Gasteiger partial charge in [-0.1, -0.05) is 0 Å². The minimum Gasteiger partial charge on any atom is -0.394 e. The maximum Gasteiger partial charge on any atom is 0.134 e. The van der Waals surface area contributed by atoms with E-state index in [1.807, 2.05) is 14.0 Å². The highest BCUT2D eigenvalue weighted by molar-refractivity contribution is 5.55. The first-order valence-corrected chi connectivity index (χ1v) is 5.21. The zero-order valence-electron chi connectivity index (χ0n) is 9.66. The van der Waals surface area contributed by atoms with Crippen LogP contribution in [0.2, 0.25) is 0 Å². The molecule has 0 aliphatic carbocycles. The molecule has 6 nitrogen and oxygen atoms in total. The summed E-state index contributed by atoms with van der Waals surface area (Å²) in [5.74, 6) is 1.61. The fraction of sp³-hybridized carbons (Fsp3) is 0.600. The van der Waals surface area contributed by atoms with E-state index in [1.54, 1.807) is 0 Å². The van der Waals surface area contributed by atoms with Gasteiger partial charge < -0.3 is 20.5 Å². The van der Waals surface area contributed by atoms with Crippen molar-refractivity contribution in [3.8, 4) is 0 Å². The van der Waals surface area contributed by atoms with E-state index >= 15 is 0 Å². The van der Waals surface area contributed by atoms with Crippen LogP contribution >= 0.6 is 0 Å². The first-order chi connectivity index (χ1) is 7.79. The van der Waals surface area contributed by atoms with Crippen LogP contribution in [0.25, 0.3) is 0 Å². The van der Waals surface area contributed by atoms with Gasteiger partial charge >= 0.3 is 0 Å². The van der Waals surface area contributed by atoms with E-state index in [0.717, 1.165) is 17.2 Å². The number of aliphatic hydroxyl groups is 1. The quantitative estimate of drug-likeness (QED) is 0.578. The van der Waals surface area contributed by atoms with Gasteiger partial charge in [0.25, 0.3) is 0 Å². The Morgan fingerprint density at radius 3 is 2.75 bits per heavy atom. The van der Waals surface area contributed by atoms with Gasteiger partial charge in [0.1, 0.15) is 18.0 Å². The fourth-order valence-electron chi connectivity index (χ4n) is 1.29. The summed E-state index contributed by atoms with van der Waals surface area (Å²) >= 11 is 0. The maximum absolute atomic E-state index is 8.52. The topological polar surface area (TPSA) is 79.3 Å². The fourth-order valence-corrected chi connectivity index (χ4v) is 1.29. The molecule has 16 heavy (non-hydrogen) atoms. The summed E-state index contributed by atoms with van der Waals surface area (Å²) < 4.78 is 5.13. The molecule has 0 spiro atoms. The molecule has 0 aliphatic heterocycles. The third-order valence-corrected chi connectivity index (χ3v) is 2.10. The Balaban J connectivity index is 2.41. The number of nitrogens with zero attached hydrogens (tertiary/aromatic N) is 2. The number of ether oxygens (including phenoxy) is 1. The molecule has 0 amide bonds. The van der Waals surface area contributed by atoms with Crippen LogP contribution in [0, 0.1) is 6.92 Å². The van der Waals surface area contributed by atoms with Gasteiger partial charge in [-0.05, 0) is 6.92 Å². The molecule has 0 bridgehead atoms. The van der Waals surface area contributed by atoms with Crippen LogP contribution in [0.3, 0.4) is 0 Å². The first kappa shape index (κ1) is 12.7. The second kappa shape index (κ2) is 6.97. The van der Waals surface area contributed by atoms with Crippen molar-refractivity contribution in [2.45, 2.75) is 6.92 Å². The Labute approximate surface area is 95.1 Å². The lowest BCUT2D eigenvalue weighted by atomic mass is 10.3. The lowest BCUT2D eigenvalue weighted by Crippen LogP contribution is -2.13. The Morgan fingerprint density at radius 2 is 2.06 bits per heavy atom. The summed E-state index contributed by atoms with van der Waals surface area (Å²) in [6.07, 6.45) is 1.51. The first-order valence-electron chi connectivity index (χ1n) is 5.21. The number of rotatable bonds is 7. The Bertz CT molecular complexity index is 320. The van der Waals surface area contributed by atoms with E-state index in [2.05, 4.69) is 20.6 Å². The van der Waals surface area contributed by atoms with Gasteiger partial charge in [0, 0.05) is 19.2 Å². The van der Waals surface area contributed by atoms with E-state index in [9.17, 15) is 0 Å². The van der Waals surface area contributed by atoms with Gasteiger partial charge in [-0.2, -0.15) is 0 Å². The van der Waals surface area contributed by atoms with Crippen molar-refractivity contribution in [2.75, 3.05) is 44.0 Å². The third-order valence-electron chi connectivity index (χ3n) is 2.10. The van der Waals surface area contributed by atoms with Crippen molar-refractivity contribution in [1.82, 2.24) is 9.97 Å².